The van der Waals surface area contributed by atoms with Gasteiger partial charge in [-0.1, -0.05) is 6.42 Å². The van der Waals surface area contributed by atoms with Gasteiger partial charge in [0.1, 0.15) is 0 Å². The summed E-state index contributed by atoms with van der Waals surface area (Å²) in [4.78, 5) is 5.33. The van der Waals surface area contributed by atoms with E-state index in [0.717, 1.165) is 26.1 Å². The zero-order valence-electron chi connectivity index (χ0n) is 12.3. The van der Waals surface area contributed by atoms with Crippen LogP contribution in [-0.2, 0) is 4.74 Å². The third-order valence-electron chi connectivity index (χ3n) is 4.01. The summed E-state index contributed by atoms with van der Waals surface area (Å²) in [5.41, 5.74) is 7.91. The van der Waals surface area contributed by atoms with Gasteiger partial charge in [0.2, 0.25) is 0 Å². The number of thiophene rings is 1. The van der Waals surface area contributed by atoms with Gasteiger partial charge >= 0.3 is 0 Å². The van der Waals surface area contributed by atoms with Crippen molar-refractivity contribution in [1.82, 2.24) is 4.90 Å². The van der Waals surface area contributed by atoms with Crippen LogP contribution in [0.25, 0.3) is 0 Å². The number of rotatable bonds is 4. The van der Waals surface area contributed by atoms with Gasteiger partial charge < -0.3 is 10.5 Å². The maximum atomic E-state index is 6.47. The molecular formula is C15H26N2OS. The SMILES string of the molecule is COCCN1CCCCC(N)C1c1cc(C)sc1C. The van der Waals surface area contributed by atoms with Crippen molar-refractivity contribution >= 4 is 11.3 Å². The van der Waals surface area contributed by atoms with Crippen LogP contribution in [-0.4, -0.2) is 37.7 Å². The Balaban J connectivity index is 2.25. The molecule has 1 aliphatic rings. The molecule has 2 N–H and O–H groups in total. The second-order valence-electron chi connectivity index (χ2n) is 5.50. The number of hydrogen-bond acceptors (Lipinski definition) is 4. The Hall–Kier alpha value is -0.420. The number of ether oxygens (including phenoxy) is 1. The van der Waals surface area contributed by atoms with Gasteiger partial charge in [-0.15, -0.1) is 11.3 Å². The predicted molar refractivity (Wildman–Crippen MR) is 81.8 cm³/mol. The van der Waals surface area contributed by atoms with Crippen molar-refractivity contribution in [2.45, 2.75) is 45.2 Å². The van der Waals surface area contributed by atoms with E-state index in [9.17, 15) is 0 Å². The van der Waals surface area contributed by atoms with E-state index in [1.165, 1.54) is 28.2 Å². The topological polar surface area (TPSA) is 38.5 Å². The molecule has 0 saturated carbocycles. The molecule has 19 heavy (non-hydrogen) atoms. The fraction of sp³-hybridized carbons (Fsp3) is 0.733. The van der Waals surface area contributed by atoms with Crippen molar-refractivity contribution in [1.29, 1.82) is 0 Å². The molecule has 3 nitrogen and oxygen atoms in total. The first-order valence-corrected chi connectivity index (χ1v) is 8.00. The second kappa shape index (κ2) is 6.84. The fourth-order valence-electron chi connectivity index (χ4n) is 3.09. The molecule has 0 spiro atoms. The zero-order chi connectivity index (χ0) is 13.8. The molecule has 1 aromatic heterocycles. The van der Waals surface area contributed by atoms with Crippen molar-refractivity contribution < 1.29 is 4.74 Å². The first-order chi connectivity index (χ1) is 9.13. The van der Waals surface area contributed by atoms with Crippen molar-refractivity contribution in [3.05, 3.63) is 21.4 Å². The van der Waals surface area contributed by atoms with Gasteiger partial charge in [-0.2, -0.15) is 0 Å². The lowest BCUT2D eigenvalue weighted by molar-refractivity contribution is 0.115. The largest absolute Gasteiger partial charge is 0.383 e. The van der Waals surface area contributed by atoms with Crippen LogP contribution in [0.3, 0.4) is 0 Å². The summed E-state index contributed by atoms with van der Waals surface area (Å²) in [5, 5.41) is 0. The monoisotopic (exact) mass is 282 g/mol. The van der Waals surface area contributed by atoms with E-state index in [2.05, 4.69) is 24.8 Å². The van der Waals surface area contributed by atoms with Crippen LogP contribution in [0, 0.1) is 13.8 Å². The Kier molecular flexibility index (Phi) is 5.39. The molecule has 4 heteroatoms. The maximum absolute atomic E-state index is 6.47. The highest BCUT2D eigenvalue weighted by Crippen LogP contribution is 2.34. The van der Waals surface area contributed by atoms with Gasteiger partial charge in [-0.3, -0.25) is 4.90 Å². The molecule has 2 unspecified atom stereocenters. The lowest BCUT2D eigenvalue weighted by atomic mass is 9.96. The van der Waals surface area contributed by atoms with E-state index in [-0.39, 0.29) is 6.04 Å². The van der Waals surface area contributed by atoms with Crippen LogP contribution in [0.1, 0.15) is 40.6 Å². The van der Waals surface area contributed by atoms with Crippen LogP contribution in [0.2, 0.25) is 0 Å². The number of hydrogen-bond donors (Lipinski definition) is 1. The van der Waals surface area contributed by atoms with E-state index < -0.39 is 0 Å². The molecular weight excluding hydrogens is 256 g/mol. The Morgan fingerprint density at radius 2 is 2.21 bits per heavy atom. The smallest absolute Gasteiger partial charge is 0.0589 e. The van der Waals surface area contributed by atoms with E-state index in [1.807, 2.05) is 11.3 Å². The molecule has 1 saturated heterocycles. The van der Waals surface area contributed by atoms with Gasteiger partial charge in [0.25, 0.3) is 0 Å². The first kappa shape index (κ1) is 15.0. The van der Waals surface area contributed by atoms with Crippen molar-refractivity contribution in [3.8, 4) is 0 Å². The molecule has 1 aromatic rings. The first-order valence-electron chi connectivity index (χ1n) is 7.19. The average molecular weight is 282 g/mol. The highest BCUT2D eigenvalue weighted by molar-refractivity contribution is 7.12. The van der Waals surface area contributed by atoms with E-state index >= 15 is 0 Å². The minimum absolute atomic E-state index is 0.243. The Morgan fingerprint density at radius 3 is 2.84 bits per heavy atom. The molecule has 1 fully saturated rings. The van der Waals surface area contributed by atoms with Crippen LogP contribution in [0.5, 0.6) is 0 Å². The molecule has 0 radical (unpaired) electrons. The fourth-order valence-corrected chi connectivity index (χ4v) is 4.06. The molecule has 2 atom stereocenters. The Bertz CT molecular complexity index is 405. The average Bonchev–Trinajstić information content (AvgIpc) is 2.59. The van der Waals surface area contributed by atoms with Crippen LogP contribution < -0.4 is 5.73 Å². The molecule has 1 aliphatic heterocycles. The molecule has 108 valence electrons. The summed E-state index contributed by atoms with van der Waals surface area (Å²) in [6.07, 6.45) is 3.61. The predicted octanol–water partition coefficient (Wildman–Crippen LogP) is 2.87. The highest BCUT2D eigenvalue weighted by Gasteiger charge is 2.30. The molecule has 2 rings (SSSR count). The normalized spacial score (nSPS) is 25.5. The standard InChI is InChI=1S/C15H26N2OS/c1-11-10-13(12(2)19-11)15-14(16)6-4-5-7-17(15)8-9-18-3/h10,14-15H,4-9,16H2,1-3H3. The van der Waals surface area contributed by atoms with Gasteiger partial charge in [0.15, 0.2) is 0 Å². The van der Waals surface area contributed by atoms with E-state index in [1.54, 1.807) is 7.11 Å². The number of nitrogens with zero attached hydrogens (tertiary/aromatic N) is 1. The molecule has 0 bridgehead atoms. The van der Waals surface area contributed by atoms with Crippen LogP contribution in [0.15, 0.2) is 6.07 Å². The van der Waals surface area contributed by atoms with Gasteiger partial charge in [-0.25, -0.2) is 0 Å². The lowest BCUT2D eigenvalue weighted by Crippen LogP contribution is -2.41. The van der Waals surface area contributed by atoms with Crippen molar-refractivity contribution in [2.75, 3.05) is 26.8 Å². The second-order valence-corrected chi connectivity index (χ2v) is 6.96. The van der Waals surface area contributed by atoms with Crippen molar-refractivity contribution in [2.24, 2.45) is 5.73 Å². The molecule has 0 aliphatic carbocycles. The van der Waals surface area contributed by atoms with Gasteiger partial charge in [0.05, 0.1) is 12.6 Å². The molecule has 2 heterocycles. The third-order valence-corrected chi connectivity index (χ3v) is 4.99. The highest BCUT2D eigenvalue weighted by atomic mass is 32.1. The number of likely N-dealkylation sites (tertiary alicyclic amines) is 1. The molecule has 0 amide bonds. The van der Waals surface area contributed by atoms with E-state index in [4.69, 9.17) is 10.5 Å². The summed E-state index contributed by atoms with van der Waals surface area (Å²) >= 11 is 1.88. The number of aryl methyl sites for hydroxylation is 2. The number of nitrogens with two attached hydrogens (primary N) is 1. The van der Waals surface area contributed by atoms with E-state index in [0.29, 0.717) is 6.04 Å². The summed E-state index contributed by atoms with van der Waals surface area (Å²) in [7, 11) is 1.77. The van der Waals surface area contributed by atoms with Gasteiger partial charge in [0, 0.05) is 29.5 Å². The van der Waals surface area contributed by atoms with Crippen molar-refractivity contribution in [3.63, 3.8) is 0 Å². The summed E-state index contributed by atoms with van der Waals surface area (Å²) < 4.78 is 5.26. The van der Waals surface area contributed by atoms with Gasteiger partial charge in [-0.05, 0) is 44.9 Å². The minimum Gasteiger partial charge on any atom is -0.383 e. The number of methoxy groups -OCH3 is 1. The Labute approximate surface area is 120 Å². The quantitative estimate of drug-likeness (QED) is 0.923. The Morgan fingerprint density at radius 1 is 1.42 bits per heavy atom. The zero-order valence-corrected chi connectivity index (χ0v) is 13.1. The summed E-state index contributed by atoms with van der Waals surface area (Å²) in [6.45, 7) is 7.30. The summed E-state index contributed by atoms with van der Waals surface area (Å²) in [5.74, 6) is 0. The van der Waals surface area contributed by atoms with Crippen LogP contribution in [0.4, 0.5) is 0 Å². The molecule has 0 aromatic carbocycles. The maximum Gasteiger partial charge on any atom is 0.0589 e. The minimum atomic E-state index is 0.243. The third kappa shape index (κ3) is 3.57. The summed E-state index contributed by atoms with van der Waals surface area (Å²) in [6, 6.07) is 2.94. The van der Waals surface area contributed by atoms with Crippen LogP contribution >= 0.6 is 11.3 Å². The lowest BCUT2D eigenvalue weighted by Gasteiger charge is -2.33.